The molecule has 3 rings (SSSR count). The summed E-state index contributed by atoms with van der Waals surface area (Å²) in [4.78, 5) is 38.6. The van der Waals surface area contributed by atoms with E-state index in [4.69, 9.17) is 4.74 Å². The van der Waals surface area contributed by atoms with Crippen molar-refractivity contribution in [2.24, 2.45) is 0 Å². The number of methoxy groups -OCH3 is 1. The van der Waals surface area contributed by atoms with Crippen LogP contribution in [0.3, 0.4) is 0 Å². The van der Waals surface area contributed by atoms with E-state index in [2.05, 4.69) is 26.6 Å². The van der Waals surface area contributed by atoms with E-state index in [9.17, 15) is 14.4 Å². The Morgan fingerprint density at radius 1 is 1.21 bits per heavy atom. The molecular weight excluding hydrogens is 438 g/mol. The maximum atomic E-state index is 12.9. The number of halogens is 1. The summed E-state index contributed by atoms with van der Waals surface area (Å²) < 4.78 is 6.14. The predicted octanol–water partition coefficient (Wildman–Crippen LogP) is 2.85. The molecule has 4 amide bonds. The molecule has 2 N–H and O–H groups in total. The molecule has 0 spiro atoms. The summed E-state index contributed by atoms with van der Waals surface area (Å²) in [7, 11) is 1.55. The van der Waals surface area contributed by atoms with Crippen LogP contribution in [0.4, 0.5) is 4.79 Å². The van der Waals surface area contributed by atoms with Gasteiger partial charge < -0.3 is 15.4 Å². The van der Waals surface area contributed by atoms with E-state index in [1.807, 2.05) is 31.2 Å². The van der Waals surface area contributed by atoms with Crippen molar-refractivity contribution in [3.8, 4) is 5.75 Å². The Balaban J connectivity index is 1.68. The summed E-state index contributed by atoms with van der Waals surface area (Å²) in [5.41, 5.74) is 1.30. The maximum absolute atomic E-state index is 12.9. The number of ether oxygens (including phenoxy) is 1. The number of benzene rings is 2. The number of nitrogens with zero attached hydrogens (tertiary/aromatic N) is 1. The highest BCUT2D eigenvalue weighted by atomic mass is 79.9. The van der Waals surface area contributed by atoms with Gasteiger partial charge in [-0.1, -0.05) is 45.8 Å². The van der Waals surface area contributed by atoms with Gasteiger partial charge in [-0.15, -0.1) is 0 Å². The highest BCUT2D eigenvalue weighted by Crippen LogP contribution is 2.29. The smallest absolute Gasteiger partial charge is 0.325 e. The van der Waals surface area contributed by atoms with E-state index >= 15 is 0 Å². The number of hydrogen-bond acceptors (Lipinski definition) is 4. The summed E-state index contributed by atoms with van der Waals surface area (Å²) in [6.07, 6.45) is 0. The Bertz CT molecular complexity index is 961. The van der Waals surface area contributed by atoms with E-state index in [0.717, 1.165) is 20.5 Å². The summed E-state index contributed by atoms with van der Waals surface area (Å²) >= 11 is 3.38. The zero-order valence-electron chi connectivity index (χ0n) is 16.4. The molecule has 0 aromatic heterocycles. The first-order valence-electron chi connectivity index (χ1n) is 9.05. The quantitative estimate of drug-likeness (QED) is 0.650. The third kappa shape index (κ3) is 4.27. The van der Waals surface area contributed by atoms with Crippen molar-refractivity contribution in [3.05, 3.63) is 63.6 Å². The van der Waals surface area contributed by atoms with Crippen LogP contribution in [0.15, 0.2) is 46.9 Å². The monoisotopic (exact) mass is 459 g/mol. The van der Waals surface area contributed by atoms with E-state index in [1.165, 1.54) is 0 Å². The van der Waals surface area contributed by atoms with Crippen LogP contribution in [0.2, 0.25) is 0 Å². The van der Waals surface area contributed by atoms with Crippen LogP contribution in [-0.2, 0) is 21.7 Å². The number of carbonyl (C=O) groups is 3. The van der Waals surface area contributed by atoms with Crippen molar-refractivity contribution in [1.82, 2.24) is 15.5 Å². The van der Waals surface area contributed by atoms with Gasteiger partial charge in [-0.25, -0.2) is 4.79 Å². The van der Waals surface area contributed by atoms with Crippen LogP contribution in [0.1, 0.15) is 23.6 Å². The van der Waals surface area contributed by atoms with Gasteiger partial charge in [0.2, 0.25) is 5.91 Å². The molecule has 1 atom stereocenters. The summed E-state index contributed by atoms with van der Waals surface area (Å²) in [6, 6.07) is 12.2. The van der Waals surface area contributed by atoms with Gasteiger partial charge >= 0.3 is 6.03 Å². The van der Waals surface area contributed by atoms with Crippen LogP contribution >= 0.6 is 15.9 Å². The normalized spacial score (nSPS) is 18.6. The molecule has 29 heavy (non-hydrogen) atoms. The molecule has 8 heteroatoms. The first-order valence-corrected chi connectivity index (χ1v) is 9.84. The Kier molecular flexibility index (Phi) is 5.93. The fourth-order valence-corrected chi connectivity index (χ4v) is 3.61. The first kappa shape index (κ1) is 20.9. The molecule has 0 bridgehead atoms. The number of hydrogen-bond donors (Lipinski definition) is 2. The van der Waals surface area contributed by atoms with Crippen molar-refractivity contribution in [3.63, 3.8) is 0 Å². The molecular formula is C21H22BrN3O4. The van der Waals surface area contributed by atoms with Gasteiger partial charge in [0.05, 0.1) is 7.11 Å². The van der Waals surface area contributed by atoms with Crippen molar-refractivity contribution < 1.29 is 19.1 Å². The molecule has 0 saturated carbocycles. The molecule has 0 aliphatic carbocycles. The number of amides is 4. The minimum atomic E-state index is -1.20. The number of imide groups is 1. The second-order valence-corrected chi connectivity index (χ2v) is 7.96. The second kappa shape index (κ2) is 8.24. The van der Waals surface area contributed by atoms with Gasteiger partial charge in [0.1, 0.15) is 17.8 Å². The number of urea groups is 1. The molecule has 1 saturated heterocycles. The lowest BCUT2D eigenvalue weighted by atomic mass is 9.91. The molecule has 0 radical (unpaired) electrons. The van der Waals surface area contributed by atoms with Crippen molar-refractivity contribution in [2.75, 3.05) is 13.7 Å². The Morgan fingerprint density at radius 2 is 1.90 bits per heavy atom. The average molecular weight is 460 g/mol. The van der Waals surface area contributed by atoms with Gasteiger partial charge in [0.25, 0.3) is 5.91 Å². The Morgan fingerprint density at radius 3 is 2.55 bits per heavy atom. The average Bonchev–Trinajstić information content (AvgIpc) is 2.91. The van der Waals surface area contributed by atoms with Crippen molar-refractivity contribution in [2.45, 2.75) is 25.9 Å². The summed E-state index contributed by atoms with van der Waals surface area (Å²) in [5, 5.41) is 5.43. The molecule has 1 aliphatic heterocycles. The molecule has 1 fully saturated rings. The molecule has 2 aromatic carbocycles. The molecule has 1 heterocycles. The standard InChI is InChI=1S/C21H22BrN3O4/c1-13-4-6-15(7-5-13)21(2)19(27)25(20(28)24-21)12-18(26)23-11-14-10-16(22)8-9-17(14)29-3/h4-10H,11-12H2,1-3H3,(H,23,26)(H,24,28). The molecule has 1 unspecified atom stereocenters. The van der Waals surface area contributed by atoms with Gasteiger partial charge in [-0.05, 0) is 37.6 Å². The molecule has 1 aliphatic rings. The van der Waals surface area contributed by atoms with Crippen LogP contribution in [0, 0.1) is 6.92 Å². The van der Waals surface area contributed by atoms with Gasteiger partial charge in [-0.3, -0.25) is 14.5 Å². The lowest BCUT2D eigenvalue weighted by Crippen LogP contribution is -2.43. The molecule has 7 nitrogen and oxygen atoms in total. The second-order valence-electron chi connectivity index (χ2n) is 7.05. The van der Waals surface area contributed by atoms with Gasteiger partial charge in [0.15, 0.2) is 0 Å². The highest BCUT2D eigenvalue weighted by Gasteiger charge is 2.49. The topological polar surface area (TPSA) is 87.7 Å². The molecule has 152 valence electrons. The number of aryl methyl sites for hydroxylation is 1. The van der Waals surface area contributed by atoms with E-state index in [-0.39, 0.29) is 13.1 Å². The Labute approximate surface area is 177 Å². The summed E-state index contributed by atoms with van der Waals surface area (Å²) in [6.45, 7) is 3.43. The highest BCUT2D eigenvalue weighted by molar-refractivity contribution is 9.10. The van der Waals surface area contributed by atoms with E-state index < -0.39 is 23.4 Å². The number of nitrogens with one attached hydrogen (secondary N) is 2. The van der Waals surface area contributed by atoms with Crippen LogP contribution in [0.25, 0.3) is 0 Å². The maximum Gasteiger partial charge on any atom is 0.325 e. The van der Waals surface area contributed by atoms with Crippen LogP contribution < -0.4 is 15.4 Å². The number of rotatable bonds is 6. The third-order valence-electron chi connectivity index (χ3n) is 4.92. The lowest BCUT2D eigenvalue weighted by Gasteiger charge is -2.22. The van der Waals surface area contributed by atoms with Crippen molar-refractivity contribution >= 4 is 33.8 Å². The fraction of sp³-hybridized carbons (Fsp3) is 0.286. The minimum absolute atomic E-state index is 0.209. The predicted molar refractivity (Wildman–Crippen MR) is 111 cm³/mol. The minimum Gasteiger partial charge on any atom is -0.496 e. The van der Waals surface area contributed by atoms with Gasteiger partial charge in [-0.2, -0.15) is 0 Å². The fourth-order valence-electron chi connectivity index (χ4n) is 3.20. The Hall–Kier alpha value is -2.87. The van der Waals surface area contributed by atoms with Crippen molar-refractivity contribution in [1.29, 1.82) is 0 Å². The third-order valence-corrected chi connectivity index (χ3v) is 5.42. The van der Waals surface area contributed by atoms with Gasteiger partial charge in [0, 0.05) is 16.6 Å². The van der Waals surface area contributed by atoms with Crippen LogP contribution in [-0.4, -0.2) is 36.4 Å². The molecule has 2 aromatic rings. The lowest BCUT2D eigenvalue weighted by molar-refractivity contribution is -0.134. The summed E-state index contributed by atoms with van der Waals surface area (Å²) in [5.74, 6) is -0.263. The first-order chi connectivity index (χ1) is 13.7. The number of carbonyl (C=O) groups excluding carboxylic acids is 3. The SMILES string of the molecule is COc1ccc(Br)cc1CNC(=O)CN1C(=O)NC(C)(c2ccc(C)cc2)C1=O. The largest absolute Gasteiger partial charge is 0.496 e. The zero-order chi connectivity index (χ0) is 21.2. The zero-order valence-corrected chi connectivity index (χ0v) is 18.0. The van der Waals surface area contributed by atoms with E-state index in [0.29, 0.717) is 11.3 Å². The van der Waals surface area contributed by atoms with E-state index in [1.54, 1.807) is 32.2 Å². The van der Waals surface area contributed by atoms with Crippen LogP contribution in [0.5, 0.6) is 5.75 Å².